The molecule has 0 saturated heterocycles. The van der Waals surface area contributed by atoms with Gasteiger partial charge in [-0.05, 0) is 62.0 Å². The molecule has 1 N–H and O–H groups in total. The first kappa shape index (κ1) is 13.1. The molecule has 1 aliphatic rings. The molecule has 0 radical (unpaired) electrons. The molecule has 0 aromatic carbocycles. The normalized spacial score (nSPS) is 19.4. The van der Waals surface area contributed by atoms with Crippen molar-refractivity contribution < 1.29 is 0 Å². The van der Waals surface area contributed by atoms with Crippen molar-refractivity contribution >= 4 is 15.9 Å². The van der Waals surface area contributed by atoms with Gasteiger partial charge in [0.15, 0.2) is 0 Å². The molecular formula is C13H22BrN3. The maximum Gasteiger partial charge on any atom is 0.0738 e. The van der Waals surface area contributed by atoms with Gasteiger partial charge in [-0.3, -0.25) is 4.68 Å². The van der Waals surface area contributed by atoms with Crippen LogP contribution in [0.1, 0.15) is 44.1 Å². The number of hydrogen-bond acceptors (Lipinski definition) is 2. The largest absolute Gasteiger partial charge is 0.314 e. The molecule has 0 bridgehead atoms. The molecule has 3 nitrogen and oxygen atoms in total. The van der Waals surface area contributed by atoms with E-state index in [9.17, 15) is 0 Å². The Morgan fingerprint density at radius 3 is 2.53 bits per heavy atom. The van der Waals surface area contributed by atoms with E-state index in [0.717, 1.165) is 22.8 Å². The van der Waals surface area contributed by atoms with Crippen LogP contribution in [0.2, 0.25) is 0 Å². The molecule has 2 unspecified atom stereocenters. The summed E-state index contributed by atoms with van der Waals surface area (Å²) in [5.74, 6) is 0.598. The van der Waals surface area contributed by atoms with Crippen LogP contribution in [0.15, 0.2) is 4.47 Å². The van der Waals surface area contributed by atoms with Gasteiger partial charge in [-0.15, -0.1) is 0 Å². The first-order chi connectivity index (χ1) is 8.00. The van der Waals surface area contributed by atoms with Crippen LogP contribution >= 0.6 is 15.9 Å². The van der Waals surface area contributed by atoms with E-state index in [1.165, 1.54) is 18.5 Å². The number of nitrogens with zero attached hydrogens (tertiary/aromatic N) is 2. The third-order valence-electron chi connectivity index (χ3n) is 3.75. The highest BCUT2D eigenvalue weighted by molar-refractivity contribution is 9.10. The van der Waals surface area contributed by atoms with Gasteiger partial charge in [0.2, 0.25) is 0 Å². The lowest BCUT2D eigenvalue weighted by Crippen LogP contribution is -2.29. The average Bonchev–Trinajstić information content (AvgIpc) is 3.09. The molecule has 1 fully saturated rings. The Labute approximate surface area is 112 Å². The number of halogens is 1. The third kappa shape index (κ3) is 2.91. The zero-order valence-corrected chi connectivity index (χ0v) is 12.7. The second kappa shape index (κ2) is 5.11. The third-order valence-corrected chi connectivity index (χ3v) is 4.90. The lowest BCUT2D eigenvalue weighted by molar-refractivity contribution is 0.330. The van der Waals surface area contributed by atoms with Gasteiger partial charge in [0.05, 0.1) is 21.9 Å². The summed E-state index contributed by atoms with van der Waals surface area (Å²) in [7, 11) is 0. The monoisotopic (exact) mass is 299 g/mol. The van der Waals surface area contributed by atoms with Crippen molar-refractivity contribution in [1.82, 2.24) is 15.1 Å². The average molecular weight is 300 g/mol. The van der Waals surface area contributed by atoms with E-state index >= 15 is 0 Å². The minimum atomic E-state index is 0.436. The van der Waals surface area contributed by atoms with E-state index in [-0.39, 0.29) is 0 Å². The second-order valence-corrected chi connectivity index (χ2v) is 6.12. The predicted octanol–water partition coefficient (Wildman–Crippen LogP) is 3.21. The zero-order chi connectivity index (χ0) is 12.6. The quantitative estimate of drug-likeness (QED) is 0.905. The van der Waals surface area contributed by atoms with E-state index in [1.54, 1.807) is 0 Å². The number of rotatable bonds is 5. The van der Waals surface area contributed by atoms with Crippen LogP contribution in [0.4, 0.5) is 0 Å². The Morgan fingerprint density at radius 1 is 1.41 bits per heavy atom. The van der Waals surface area contributed by atoms with Gasteiger partial charge >= 0.3 is 0 Å². The molecule has 0 aliphatic heterocycles. The molecule has 1 heterocycles. The van der Waals surface area contributed by atoms with Crippen LogP contribution in [0.3, 0.4) is 0 Å². The molecule has 0 spiro atoms. The summed E-state index contributed by atoms with van der Waals surface area (Å²) < 4.78 is 3.30. The Kier molecular flexibility index (Phi) is 3.93. The summed E-state index contributed by atoms with van der Waals surface area (Å²) in [6, 6.07) is 1.23. The van der Waals surface area contributed by atoms with Crippen molar-refractivity contribution in [3.8, 4) is 0 Å². The SMILES string of the molecule is Cc1nn(C(C)C(C)CNC2CC2)c(C)c1Br. The zero-order valence-electron chi connectivity index (χ0n) is 11.1. The van der Waals surface area contributed by atoms with Gasteiger partial charge in [0, 0.05) is 6.04 Å². The highest BCUT2D eigenvalue weighted by Crippen LogP contribution is 2.26. The fraction of sp³-hybridized carbons (Fsp3) is 0.769. The van der Waals surface area contributed by atoms with Crippen molar-refractivity contribution in [2.75, 3.05) is 6.54 Å². The maximum absolute atomic E-state index is 4.62. The summed E-state index contributed by atoms with van der Waals surface area (Å²) in [5, 5.41) is 8.21. The fourth-order valence-electron chi connectivity index (χ4n) is 2.09. The van der Waals surface area contributed by atoms with Crippen molar-refractivity contribution in [2.24, 2.45) is 5.92 Å². The predicted molar refractivity (Wildman–Crippen MR) is 74.3 cm³/mol. The van der Waals surface area contributed by atoms with Gasteiger partial charge in [0.1, 0.15) is 0 Å². The minimum absolute atomic E-state index is 0.436. The summed E-state index contributed by atoms with van der Waals surface area (Å²) in [5.41, 5.74) is 2.31. The molecular weight excluding hydrogens is 278 g/mol. The van der Waals surface area contributed by atoms with Crippen molar-refractivity contribution in [2.45, 2.75) is 52.6 Å². The van der Waals surface area contributed by atoms with Crippen molar-refractivity contribution in [1.29, 1.82) is 0 Å². The Bertz CT molecular complexity index is 396. The van der Waals surface area contributed by atoms with Crippen LogP contribution < -0.4 is 5.32 Å². The highest BCUT2D eigenvalue weighted by Gasteiger charge is 2.24. The lowest BCUT2D eigenvalue weighted by Gasteiger charge is -2.22. The molecule has 1 aliphatic carbocycles. The molecule has 0 amide bonds. The number of hydrogen-bond donors (Lipinski definition) is 1. The lowest BCUT2D eigenvalue weighted by atomic mass is 10.0. The molecule has 1 saturated carbocycles. The Hall–Kier alpha value is -0.350. The number of aromatic nitrogens is 2. The topological polar surface area (TPSA) is 29.9 Å². The van der Waals surface area contributed by atoms with E-state index in [1.807, 2.05) is 6.92 Å². The molecule has 4 heteroatoms. The van der Waals surface area contributed by atoms with Gasteiger partial charge in [-0.2, -0.15) is 5.10 Å². The fourth-order valence-corrected chi connectivity index (χ4v) is 2.35. The molecule has 1 aromatic heterocycles. The van der Waals surface area contributed by atoms with Crippen LogP contribution in [0.5, 0.6) is 0 Å². The molecule has 2 rings (SSSR count). The van der Waals surface area contributed by atoms with Crippen LogP contribution in [0, 0.1) is 19.8 Å². The molecule has 96 valence electrons. The molecule has 17 heavy (non-hydrogen) atoms. The van der Waals surface area contributed by atoms with Crippen molar-refractivity contribution in [3.63, 3.8) is 0 Å². The standard InChI is InChI=1S/C13H22BrN3/c1-8(7-15-12-5-6-12)10(3)17-11(4)13(14)9(2)16-17/h8,10,12,15H,5-7H2,1-4H3. The van der Waals surface area contributed by atoms with E-state index in [2.05, 4.69) is 51.8 Å². The van der Waals surface area contributed by atoms with E-state index in [4.69, 9.17) is 0 Å². The summed E-state index contributed by atoms with van der Waals surface area (Å²) in [4.78, 5) is 0. The molecule has 1 aromatic rings. The second-order valence-electron chi connectivity index (χ2n) is 5.33. The summed E-state index contributed by atoms with van der Waals surface area (Å²) >= 11 is 3.59. The minimum Gasteiger partial charge on any atom is -0.314 e. The van der Waals surface area contributed by atoms with Gasteiger partial charge in [0.25, 0.3) is 0 Å². The van der Waals surface area contributed by atoms with E-state index in [0.29, 0.717) is 12.0 Å². The van der Waals surface area contributed by atoms with Crippen LogP contribution in [0.25, 0.3) is 0 Å². The highest BCUT2D eigenvalue weighted by atomic mass is 79.9. The Balaban J connectivity index is 2.01. The first-order valence-electron chi connectivity index (χ1n) is 6.45. The van der Waals surface area contributed by atoms with Gasteiger partial charge < -0.3 is 5.32 Å². The van der Waals surface area contributed by atoms with Gasteiger partial charge in [-0.1, -0.05) is 6.92 Å². The van der Waals surface area contributed by atoms with E-state index < -0.39 is 0 Å². The summed E-state index contributed by atoms with van der Waals surface area (Å²) in [6.07, 6.45) is 2.71. The smallest absolute Gasteiger partial charge is 0.0738 e. The maximum atomic E-state index is 4.62. The van der Waals surface area contributed by atoms with Crippen LogP contribution in [-0.2, 0) is 0 Å². The molecule has 2 atom stereocenters. The van der Waals surface area contributed by atoms with Crippen LogP contribution in [-0.4, -0.2) is 22.4 Å². The summed E-state index contributed by atoms with van der Waals surface area (Å²) in [6.45, 7) is 9.81. The first-order valence-corrected chi connectivity index (χ1v) is 7.24. The Morgan fingerprint density at radius 2 is 2.06 bits per heavy atom. The number of aryl methyl sites for hydroxylation is 1. The number of nitrogens with one attached hydrogen (secondary N) is 1. The van der Waals surface area contributed by atoms with Crippen molar-refractivity contribution in [3.05, 3.63) is 15.9 Å². The van der Waals surface area contributed by atoms with Gasteiger partial charge in [-0.25, -0.2) is 0 Å².